The van der Waals surface area contributed by atoms with Crippen molar-refractivity contribution in [1.82, 2.24) is 10.6 Å². The van der Waals surface area contributed by atoms with E-state index in [0.717, 1.165) is 0 Å². The molecule has 18 heavy (non-hydrogen) atoms. The third kappa shape index (κ3) is 2.45. The van der Waals surface area contributed by atoms with Gasteiger partial charge in [-0.1, -0.05) is 0 Å². The summed E-state index contributed by atoms with van der Waals surface area (Å²) in [6, 6.07) is 0. The van der Waals surface area contributed by atoms with Crippen molar-refractivity contribution in [3.63, 3.8) is 0 Å². The van der Waals surface area contributed by atoms with E-state index in [1.165, 1.54) is 0 Å². The lowest BCUT2D eigenvalue weighted by Gasteiger charge is -2.28. The first-order valence-corrected chi connectivity index (χ1v) is 5.93. The van der Waals surface area contributed by atoms with Crippen LogP contribution >= 0.6 is 0 Å². The first kappa shape index (κ1) is 12.8. The minimum absolute atomic E-state index is 0.00679. The number of piperidine rings is 1. The molecule has 0 aromatic rings. The van der Waals surface area contributed by atoms with Crippen LogP contribution in [0.4, 0.5) is 0 Å². The Balaban J connectivity index is 1.97. The van der Waals surface area contributed by atoms with Crippen LogP contribution in [0.2, 0.25) is 0 Å². The van der Waals surface area contributed by atoms with E-state index in [9.17, 15) is 19.5 Å². The van der Waals surface area contributed by atoms with E-state index in [1.54, 1.807) is 0 Å². The van der Waals surface area contributed by atoms with Crippen molar-refractivity contribution in [3.05, 3.63) is 0 Å². The fraction of sp³-hybridized carbons (Fsp3) is 0.727. The van der Waals surface area contributed by atoms with Gasteiger partial charge in [0.15, 0.2) is 5.54 Å². The molecule has 2 amide bonds. The van der Waals surface area contributed by atoms with Crippen LogP contribution in [0.15, 0.2) is 0 Å². The lowest BCUT2D eigenvalue weighted by Crippen LogP contribution is -2.58. The Kier molecular flexibility index (Phi) is 3.51. The van der Waals surface area contributed by atoms with Crippen LogP contribution < -0.4 is 10.6 Å². The predicted octanol–water partition coefficient (Wildman–Crippen LogP) is -1.13. The van der Waals surface area contributed by atoms with E-state index in [-0.39, 0.29) is 37.3 Å². The lowest BCUT2D eigenvalue weighted by molar-refractivity contribution is -0.148. The van der Waals surface area contributed by atoms with Crippen molar-refractivity contribution in [3.8, 4) is 0 Å². The van der Waals surface area contributed by atoms with Gasteiger partial charge in [0.2, 0.25) is 11.8 Å². The highest BCUT2D eigenvalue weighted by Crippen LogP contribution is 2.21. The van der Waals surface area contributed by atoms with Crippen molar-refractivity contribution in [2.75, 3.05) is 19.8 Å². The zero-order valence-electron chi connectivity index (χ0n) is 9.90. The van der Waals surface area contributed by atoms with Gasteiger partial charge in [-0.05, 0) is 6.42 Å². The predicted molar refractivity (Wildman–Crippen MR) is 59.7 cm³/mol. The molecule has 0 aromatic carbocycles. The number of amides is 2. The number of rotatable bonds is 3. The highest BCUT2D eigenvalue weighted by molar-refractivity contribution is 5.89. The van der Waals surface area contributed by atoms with Crippen LogP contribution in [-0.2, 0) is 19.1 Å². The maximum Gasteiger partial charge on any atom is 0.331 e. The highest BCUT2D eigenvalue weighted by atomic mass is 16.5. The number of carbonyl (C=O) groups excluding carboxylic acids is 2. The van der Waals surface area contributed by atoms with Gasteiger partial charge < -0.3 is 20.5 Å². The van der Waals surface area contributed by atoms with Gasteiger partial charge >= 0.3 is 5.97 Å². The molecule has 0 aromatic heterocycles. The average molecular weight is 256 g/mol. The summed E-state index contributed by atoms with van der Waals surface area (Å²) in [5.74, 6) is -1.84. The van der Waals surface area contributed by atoms with E-state index < -0.39 is 11.5 Å². The number of hydrogen-bond acceptors (Lipinski definition) is 4. The van der Waals surface area contributed by atoms with Crippen molar-refractivity contribution in [2.45, 2.75) is 24.8 Å². The summed E-state index contributed by atoms with van der Waals surface area (Å²) in [6.07, 6.45) is 1.02. The number of carboxylic acid groups (broad SMARTS) is 1. The third-order valence-corrected chi connectivity index (χ3v) is 3.43. The molecule has 3 N–H and O–H groups in total. The Morgan fingerprint density at radius 2 is 2.28 bits per heavy atom. The SMILES string of the molecule is O=C1CCC(C(=O)NC2(C(=O)O)CCOC2)CN1. The molecule has 0 bridgehead atoms. The van der Waals surface area contributed by atoms with E-state index >= 15 is 0 Å². The van der Waals surface area contributed by atoms with E-state index in [0.29, 0.717) is 19.4 Å². The van der Waals surface area contributed by atoms with Gasteiger partial charge in [0.25, 0.3) is 0 Å². The Morgan fingerprint density at radius 1 is 1.50 bits per heavy atom. The minimum atomic E-state index is -1.31. The second kappa shape index (κ2) is 4.93. The van der Waals surface area contributed by atoms with E-state index in [1.807, 2.05) is 0 Å². The number of aliphatic carboxylic acids is 1. The molecular weight excluding hydrogens is 240 g/mol. The Hall–Kier alpha value is -1.63. The maximum atomic E-state index is 12.0. The molecule has 2 aliphatic heterocycles. The topological polar surface area (TPSA) is 105 Å². The highest BCUT2D eigenvalue weighted by Gasteiger charge is 2.45. The lowest BCUT2D eigenvalue weighted by atomic mass is 9.94. The molecule has 0 saturated carbocycles. The number of hydrogen-bond donors (Lipinski definition) is 3. The molecular formula is C11H16N2O5. The van der Waals surface area contributed by atoms with Gasteiger partial charge in [-0.15, -0.1) is 0 Å². The fourth-order valence-electron chi connectivity index (χ4n) is 2.18. The molecule has 2 fully saturated rings. The quantitative estimate of drug-likeness (QED) is 0.593. The third-order valence-electron chi connectivity index (χ3n) is 3.43. The molecule has 2 atom stereocenters. The summed E-state index contributed by atoms with van der Waals surface area (Å²) in [6.45, 7) is 0.586. The Bertz CT molecular complexity index is 366. The van der Waals surface area contributed by atoms with Crippen LogP contribution in [0.3, 0.4) is 0 Å². The zero-order chi connectivity index (χ0) is 13.2. The summed E-state index contributed by atoms with van der Waals surface area (Å²) >= 11 is 0. The summed E-state index contributed by atoms with van der Waals surface area (Å²) in [5.41, 5.74) is -1.31. The number of nitrogens with one attached hydrogen (secondary N) is 2. The number of carbonyl (C=O) groups is 3. The van der Waals surface area contributed by atoms with E-state index in [2.05, 4.69) is 10.6 Å². The standard InChI is InChI=1S/C11H16N2O5/c14-8-2-1-7(5-12-8)9(15)13-11(10(16)17)3-4-18-6-11/h7H,1-6H2,(H,12,14)(H,13,15)(H,16,17). The smallest absolute Gasteiger partial charge is 0.331 e. The van der Waals surface area contributed by atoms with Crippen LogP contribution in [-0.4, -0.2) is 48.2 Å². The molecule has 7 nitrogen and oxygen atoms in total. The molecule has 2 heterocycles. The monoisotopic (exact) mass is 256 g/mol. The first-order valence-electron chi connectivity index (χ1n) is 5.93. The molecule has 0 aliphatic carbocycles. The van der Waals surface area contributed by atoms with Crippen LogP contribution in [0, 0.1) is 5.92 Å². The molecule has 2 saturated heterocycles. The largest absolute Gasteiger partial charge is 0.479 e. The van der Waals surface area contributed by atoms with Gasteiger partial charge in [0.05, 0.1) is 12.5 Å². The summed E-state index contributed by atoms with van der Waals surface area (Å²) < 4.78 is 5.06. The maximum absolute atomic E-state index is 12.0. The molecule has 7 heteroatoms. The second-order valence-corrected chi connectivity index (χ2v) is 4.72. The van der Waals surface area contributed by atoms with Crippen molar-refractivity contribution in [2.24, 2.45) is 5.92 Å². The molecule has 0 radical (unpaired) electrons. The Labute approximate surface area is 104 Å². The minimum Gasteiger partial charge on any atom is -0.479 e. The fourth-order valence-corrected chi connectivity index (χ4v) is 2.18. The normalized spacial score (nSPS) is 31.8. The average Bonchev–Trinajstić information content (AvgIpc) is 2.79. The van der Waals surface area contributed by atoms with E-state index in [4.69, 9.17) is 4.74 Å². The van der Waals surface area contributed by atoms with Gasteiger partial charge in [-0.25, -0.2) is 4.79 Å². The van der Waals surface area contributed by atoms with Crippen molar-refractivity contribution in [1.29, 1.82) is 0 Å². The molecule has 0 spiro atoms. The van der Waals surface area contributed by atoms with Crippen molar-refractivity contribution >= 4 is 17.8 Å². The van der Waals surface area contributed by atoms with Gasteiger partial charge in [0, 0.05) is 26.0 Å². The van der Waals surface area contributed by atoms with Crippen LogP contribution in [0.25, 0.3) is 0 Å². The van der Waals surface area contributed by atoms with Crippen LogP contribution in [0.5, 0.6) is 0 Å². The van der Waals surface area contributed by atoms with Crippen molar-refractivity contribution < 1.29 is 24.2 Å². The Morgan fingerprint density at radius 3 is 2.78 bits per heavy atom. The summed E-state index contributed by atoms with van der Waals surface area (Å²) in [5, 5.41) is 14.4. The van der Waals surface area contributed by atoms with Gasteiger partial charge in [0.1, 0.15) is 0 Å². The molecule has 2 rings (SSSR count). The molecule has 100 valence electrons. The van der Waals surface area contributed by atoms with Crippen LogP contribution in [0.1, 0.15) is 19.3 Å². The summed E-state index contributed by atoms with van der Waals surface area (Å²) in [7, 11) is 0. The molecule has 2 aliphatic rings. The first-order chi connectivity index (χ1) is 8.53. The van der Waals surface area contributed by atoms with Gasteiger partial charge in [-0.2, -0.15) is 0 Å². The second-order valence-electron chi connectivity index (χ2n) is 4.72. The number of carboxylic acids is 1. The summed E-state index contributed by atoms with van der Waals surface area (Å²) in [4.78, 5) is 34.2. The number of ether oxygens (including phenoxy) is 1. The molecule has 2 unspecified atom stereocenters. The zero-order valence-corrected chi connectivity index (χ0v) is 9.90. The van der Waals surface area contributed by atoms with Gasteiger partial charge in [-0.3, -0.25) is 9.59 Å².